The molecule has 0 N–H and O–H groups in total. The number of hydrogen-bond acceptors (Lipinski definition) is 8. The van der Waals surface area contributed by atoms with E-state index >= 15 is 0 Å². The van der Waals surface area contributed by atoms with Crippen molar-refractivity contribution >= 4 is 34.8 Å². The van der Waals surface area contributed by atoms with Gasteiger partial charge >= 0.3 is 11.9 Å². The minimum Gasteiger partial charge on any atom is -0.466 e. The molecule has 0 saturated carbocycles. The van der Waals surface area contributed by atoms with Crippen molar-refractivity contribution in [2.45, 2.75) is 58.9 Å². The molecular weight excluding hydrogens is 490 g/mol. The number of nitrogens with zero attached hydrogens (tertiary/aromatic N) is 3. The number of thioether (sulfide) groups is 1. The van der Waals surface area contributed by atoms with Crippen LogP contribution in [0.15, 0.2) is 51.6 Å². The van der Waals surface area contributed by atoms with E-state index in [2.05, 4.69) is 31.0 Å². The van der Waals surface area contributed by atoms with Crippen molar-refractivity contribution in [1.82, 2.24) is 9.80 Å². The number of likely N-dealkylation sites (tertiary alicyclic amines) is 1. The molecule has 0 spiro atoms. The number of allylic oxidation sites excluding steroid dienone is 1. The first-order valence-electron chi connectivity index (χ1n) is 12.8. The lowest BCUT2D eigenvalue weighted by Gasteiger charge is -2.37. The molecule has 8 nitrogen and oxygen atoms in total. The number of amidine groups is 1. The highest BCUT2D eigenvalue weighted by Crippen LogP contribution is 2.45. The lowest BCUT2D eigenvalue weighted by atomic mass is 9.91. The lowest BCUT2D eigenvalue weighted by Crippen LogP contribution is -2.44. The van der Waals surface area contributed by atoms with Crippen LogP contribution in [0.1, 0.15) is 70.0 Å². The molecule has 1 aromatic carbocycles. The Balaban J connectivity index is 1.60. The van der Waals surface area contributed by atoms with Crippen LogP contribution < -0.4 is 0 Å². The third kappa shape index (κ3) is 5.61. The number of piperidine rings is 1. The molecule has 2 atom stereocenters. The van der Waals surface area contributed by atoms with Gasteiger partial charge < -0.3 is 19.3 Å². The summed E-state index contributed by atoms with van der Waals surface area (Å²) in [4.78, 5) is 47.0. The van der Waals surface area contributed by atoms with Gasteiger partial charge in [-0.05, 0) is 49.1 Å². The number of methoxy groups -OCH3 is 1. The summed E-state index contributed by atoms with van der Waals surface area (Å²) in [5, 5.41) is 2.67. The normalized spacial score (nSPS) is 21.5. The molecule has 1 aromatic rings. The van der Waals surface area contributed by atoms with Gasteiger partial charge in [0.15, 0.2) is 5.17 Å². The van der Waals surface area contributed by atoms with Gasteiger partial charge in [-0.15, -0.1) is 0 Å². The standard InChI is InChI=1S/C28H35N3O5S/c1-6-36-26(33)21-8-7-13-30(15-21)23(32)14-22-16-37-28-29-18(4)24(27(34)35-5)25(31(22)28)20-11-9-19(10-12-20)17(2)3/h9-12,16-17,21,25H,6-8,13-15H2,1-5H3/t21-,25-/m0/s1. The van der Waals surface area contributed by atoms with Gasteiger partial charge in [0.05, 0.1) is 43.4 Å². The predicted octanol–water partition coefficient (Wildman–Crippen LogP) is 4.75. The fraction of sp³-hybridized carbons (Fsp3) is 0.500. The van der Waals surface area contributed by atoms with Gasteiger partial charge in [0.2, 0.25) is 5.91 Å². The Morgan fingerprint density at radius 1 is 1.19 bits per heavy atom. The quantitative estimate of drug-likeness (QED) is 0.475. The molecule has 3 aliphatic rings. The lowest BCUT2D eigenvalue weighted by molar-refractivity contribution is -0.151. The predicted molar refractivity (Wildman–Crippen MR) is 143 cm³/mol. The summed E-state index contributed by atoms with van der Waals surface area (Å²) in [6.07, 6.45) is 1.64. The Labute approximate surface area is 222 Å². The molecule has 0 bridgehead atoms. The third-order valence-corrected chi connectivity index (χ3v) is 7.94. The number of hydrogen-bond donors (Lipinski definition) is 0. The fourth-order valence-electron chi connectivity index (χ4n) is 5.04. The number of aliphatic imine (C=N–C) groups is 1. The number of amides is 1. The van der Waals surface area contributed by atoms with Crippen molar-refractivity contribution in [3.63, 3.8) is 0 Å². The average molecular weight is 526 g/mol. The van der Waals surface area contributed by atoms with Crippen molar-refractivity contribution in [3.8, 4) is 0 Å². The van der Waals surface area contributed by atoms with Crippen LogP contribution in [0.5, 0.6) is 0 Å². The molecule has 4 rings (SSSR count). The van der Waals surface area contributed by atoms with Gasteiger partial charge in [0.1, 0.15) is 0 Å². The van der Waals surface area contributed by atoms with E-state index in [-0.39, 0.29) is 24.2 Å². The molecular formula is C28H35N3O5S. The van der Waals surface area contributed by atoms with Crippen molar-refractivity contribution in [3.05, 3.63) is 57.8 Å². The summed E-state index contributed by atoms with van der Waals surface area (Å²) in [5.74, 6) is -0.640. The first-order chi connectivity index (χ1) is 17.7. The first-order valence-corrected chi connectivity index (χ1v) is 13.7. The molecule has 0 radical (unpaired) electrons. The highest BCUT2D eigenvalue weighted by atomic mass is 32.2. The molecule has 0 aliphatic carbocycles. The maximum atomic E-state index is 13.4. The Morgan fingerprint density at radius 2 is 1.92 bits per heavy atom. The van der Waals surface area contributed by atoms with Crippen molar-refractivity contribution < 1.29 is 23.9 Å². The van der Waals surface area contributed by atoms with Gasteiger partial charge in [-0.25, -0.2) is 9.79 Å². The summed E-state index contributed by atoms with van der Waals surface area (Å²) in [7, 11) is 1.37. The van der Waals surface area contributed by atoms with E-state index in [9.17, 15) is 14.4 Å². The summed E-state index contributed by atoms with van der Waals surface area (Å²) < 4.78 is 10.3. The minimum absolute atomic E-state index is 0.0538. The molecule has 3 aliphatic heterocycles. The fourth-order valence-corrected chi connectivity index (χ4v) is 6.01. The van der Waals surface area contributed by atoms with Crippen LogP contribution in [0.3, 0.4) is 0 Å². The summed E-state index contributed by atoms with van der Waals surface area (Å²) in [6, 6.07) is 7.78. The van der Waals surface area contributed by atoms with Gasteiger partial charge in [-0.1, -0.05) is 49.9 Å². The second kappa shape index (κ2) is 11.5. The Morgan fingerprint density at radius 3 is 2.57 bits per heavy atom. The largest absolute Gasteiger partial charge is 0.466 e. The molecule has 1 fully saturated rings. The number of esters is 2. The van der Waals surface area contributed by atoms with E-state index < -0.39 is 12.0 Å². The van der Waals surface area contributed by atoms with Crippen LogP contribution in [0, 0.1) is 5.92 Å². The summed E-state index contributed by atoms with van der Waals surface area (Å²) in [5.41, 5.74) is 3.98. The van der Waals surface area contributed by atoms with Gasteiger partial charge in [-0.3, -0.25) is 9.59 Å². The van der Waals surface area contributed by atoms with Crippen LogP contribution in [0.4, 0.5) is 0 Å². The minimum atomic E-state index is -0.455. The van der Waals surface area contributed by atoms with Crippen LogP contribution >= 0.6 is 11.8 Å². The Hall–Kier alpha value is -3.07. The van der Waals surface area contributed by atoms with E-state index in [4.69, 9.17) is 9.47 Å². The topological polar surface area (TPSA) is 88.5 Å². The summed E-state index contributed by atoms with van der Waals surface area (Å²) in [6.45, 7) is 9.20. The third-order valence-electron chi connectivity index (χ3n) is 7.05. The number of carbonyl (C=O) groups excluding carboxylic acids is 3. The van der Waals surface area contributed by atoms with E-state index in [0.717, 1.165) is 29.3 Å². The molecule has 0 unspecified atom stereocenters. The molecule has 3 heterocycles. The maximum Gasteiger partial charge on any atom is 0.338 e. The zero-order chi connectivity index (χ0) is 26.7. The van der Waals surface area contributed by atoms with E-state index in [0.29, 0.717) is 36.9 Å². The molecule has 9 heteroatoms. The highest BCUT2D eigenvalue weighted by molar-refractivity contribution is 8.16. The zero-order valence-corrected chi connectivity index (χ0v) is 23.0. The molecule has 198 valence electrons. The van der Waals surface area contributed by atoms with E-state index in [1.54, 1.807) is 11.8 Å². The number of ether oxygens (including phenoxy) is 2. The number of benzene rings is 1. The summed E-state index contributed by atoms with van der Waals surface area (Å²) >= 11 is 1.45. The monoisotopic (exact) mass is 525 g/mol. The van der Waals surface area contributed by atoms with Gasteiger partial charge in [0.25, 0.3) is 0 Å². The highest BCUT2D eigenvalue weighted by Gasteiger charge is 2.41. The van der Waals surface area contributed by atoms with Gasteiger partial charge in [0, 0.05) is 18.8 Å². The van der Waals surface area contributed by atoms with E-state index in [1.807, 2.05) is 29.4 Å². The van der Waals surface area contributed by atoms with Crippen LogP contribution in [-0.4, -0.2) is 59.6 Å². The van der Waals surface area contributed by atoms with Crippen LogP contribution in [0.2, 0.25) is 0 Å². The van der Waals surface area contributed by atoms with Crippen molar-refractivity contribution in [1.29, 1.82) is 0 Å². The average Bonchev–Trinajstić information content (AvgIpc) is 3.29. The van der Waals surface area contributed by atoms with Crippen molar-refractivity contribution in [2.75, 3.05) is 26.8 Å². The molecule has 0 aromatic heterocycles. The van der Waals surface area contributed by atoms with Crippen molar-refractivity contribution in [2.24, 2.45) is 10.9 Å². The number of fused-ring (bicyclic) bond motifs is 1. The SMILES string of the molecule is CCOC(=O)[C@H]1CCCN(C(=O)CC2=CSC3=NC(C)=C(C(=O)OC)[C@H](c4ccc(C(C)C)cc4)N23)C1. The van der Waals surface area contributed by atoms with Crippen LogP contribution in [-0.2, 0) is 23.9 Å². The second-order valence-corrected chi connectivity index (χ2v) is 10.7. The number of rotatable bonds is 7. The molecule has 1 amide bonds. The zero-order valence-electron chi connectivity index (χ0n) is 22.2. The van der Waals surface area contributed by atoms with E-state index in [1.165, 1.54) is 24.4 Å². The molecule has 37 heavy (non-hydrogen) atoms. The smallest absolute Gasteiger partial charge is 0.338 e. The second-order valence-electron chi connectivity index (χ2n) is 9.81. The molecule has 1 saturated heterocycles. The number of carbonyl (C=O) groups is 3. The Kier molecular flexibility index (Phi) is 8.42. The first kappa shape index (κ1) is 27.0. The van der Waals surface area contributed by atoms with Gasteiger partial charge in [-0.2, -0.15) is 0 Å². The maximum absolute atomic E-state index is 13.4. The van der Waals surface area contributed by atoms with Crippen LogP contribution in [0.25, 0.3) is 0 Å². The Bertz CT molecular complexity index is 1150.